The summed E-state index contributed by atoms with van der Waals surface area (Å²) in [6.45, 7) is 0.692. The molecule has 1 fully saturated rings. The molecule has 6 nitrogen and oxygen atoms in total. The van der Waals surface area contributed by atoms with E-state index < -0.39 is 5.97 Å². The Balaban J connectivity index is 1.55. The summed E-state index contributed by atoms with van der Waals surface area (Å²) < 4.78 is 2.10. The van der Waals surface area contributed by atoms with E-state index in [0.29, 0.717) is 31.3 Å². The summed E-state index contributed by atoms with van der Waals surface area (Å²) in [6, 6.07) is 0.511. The predicted octanol–water partition coefficient (Wildman–Crippen LogP) is 1.21. The molecule has 1 heterocycles. The number of aromatic nitrogens is 2. The molecule has 0 saturated heterocycles. The summed E-state index contributed by atoms with van der Waals surface area (Å²) >= 11 is 0. The Morgan fingerprint density at radius 1 is 1.37 bits per heavy atom. The van der Waals surface area contributed by atoms with Gasteiger partial charge in [-0.2, -0.15) is 0 Å². The first kappa shape index (κ1) is 13.6. The van der Waals surface area contributed by atoms with Crippen molar-refractivity contribution < 1.29 is 14.7 Å². The van der Waals surface area contributed by atoms with Gasteiger partial charge in [0.25, 0.3) is 0 Å². The van der Waals surface area contributed by atoms with E-state index >= 15 is 0 Å². The first-order chi connectivity index (χ1) is 9.15. The van der Waals surface area contributed by atoms with Crippen molar-refractivity contribution in [2.45, 2.75) is 38.1 Å². The molecule has 0 aliphatic heterocycles. The summed E-state index contributed by atoms with van der Waals surface area (Å²) in [5.74, 6) is -0.377. The van der Waals surface area contributed by atoms with Crippen LogP contribution in [0.3, 0.4) is 0 Å². The molecule has 6 heteroatoms. The van der Waals surface area contributed by atoms with Crippen molar-refractivity contribution in [1.82, 2.24) is 14.9 Å². The molecule has 1 aromatic rings. The zero-order valence-electron chi connectivity index (χ0n) is 10.8. The van der Waals surface area contributed by atoms with Crippen molar-refractivity contribution in [3.05, 3.63) is 18.7 Å². The molecular formula is C13H19N3O3. The van der Waals surface area contributed by atoms with Crippen molar-refractivity contribution in [3.8, 4) is 0 Å². The second kappa shape index (κ2) is 6.36. The highest BCUT2D eigenvalue weighted by Crippen LogP contribution is 2.36. The van der Waals surface area contributed by atoms with Gasteiger partial charge in [0, 0.05) is 37.8 Å². The SMILES string of the molecule is O=C(O)CCCC(=O)NCC1CC(n2ccnc2)C1. The van der Waals surface area contributed by atoms with Gasteiger partial charge in [-0.3, -0.25) is 9.59 Å². The number of imidazole rings is 1. The van der Waals surface area contributed by atoms with Crippen LogP contribution in [-0.4, -0.2) is 33.1 Å². The average Bonchev–Trinajstić information content (AvgIpc) is 2.79. The third kappa shape index (κ3) is 4.08. The number of hydrogen-bond acceptors (Lipinski definition) is 3. The van der Waals surface area contributed by atoms with Gasteiger partial charge in [0.15, 0.2) is 0 Å². The summed E-state index contributed by atoms with van der Waals surface area (Å²) in [6.07, 6.45) is 8.44. The Hall–Kier alpha value is -1.85. The number of nitrogens with zero attached hydrogens (tertiary/aromatic N) is 2. The lowest BCUT2D eigenvalue weighted by Crippen LogP contribution is -2.36. The minimum atomic E-state index is -0.852. The Morgan fingerprint density at radius 3 is 2.79 bits per heavy atom. The third-order valence-corrected chi connectivity index (χ3v) is 3.54. The van der Waals surface area contributed by atoms with Crippen LogP contribution in [0.2, 0.25) is 0 Å². The second-order valence-corrected chi connectivity index (χ2v) is 5.05. The van der Waals surface area contributed by atoms with Gasteiger partial charge in [-0.05, 0) is 25.2 Å². The van der Waals surface area contributed by atoms with Crippen LogP contribution >= 0.6 is 0 Å². The minimum absolute atomic E-state index is 0.0488. The normalized spacial score (nSPS) is 21.7. The van der Waals surface area contributed by atoms with E-state index in [-0.39, 0.29) is 12.3 Å². The topological polar surface area (TPSA) is 84.2 Å². The van der Waals surface area contributed by atoms with Crippen LogP contribution in [0.1, 0.15) is 38.1 Å². The van der Waals surface area contributed by atoms with Crippen molar-refractivity contribution in [2.24, 2.45) is 5.92 Å². The van der Waals surface area contributed by atoms with Gasteiger partial charge in [-0.15, -0.1) is 0 Å². The van der Waals surface area contributed by atoms with Gasteiger partial charge in [-0.1, -0.05) is 0 Å². The zero-order valence-corrected chi connectivity index (χ0v) is 10.8. The number of aliphatic carboxylic acids is 1. The first-order valence-electron chi connectivity index (χ1n) is 6.61. The maximum atomic E-state index is 11.5. The van der Waals surface area contributed by atoms with Gasteiger partial charge in [-0.25, -0.2) is 4.98 Å². The monoisotopic (exact) mass is 265 g/mol. The fourth-order valence-corrected chi connectivity index (χ4v) is 2.34. The lowest BCUT2D eigenvalue weighted by molar-refractivity contribution is -0.137. The highest BCUT2D eigenvalue weighted by atomic mass is 16.4. The van der Waals surface area contributed by atoms with E-state index in [2.05, 4.69) is 14.9 Å². The molecule has 0 spiro atoms. The standard InChI is InChI=1S/C13H19N3O3/c17-12(2-1-3-13(18)19)15-8-10-6-11(7-10)16-5-4-14-9-16/h4-5,9-11H,1-3,6-8H2,(H,15,17)(H,18,19). The minimum Gasteiger partial charge on any atom is -0.481 e. The van der Waals surface area contributed by atoms with Gasteiger partial charge in [0.2, 0.25) is 5.91 Å². The van der Waals surface area contributed by atoms with Crippen LogP contribution in [0.4, 0.5) is 0 Å². The molecule has 1 aromatic heterocycles. The van der Waals surface area contributed by atoms with Crippen LogP contribution in [0.5, 0.6) is 0 Å². The molecule has 1 amide bonds. The molecule has 0 atom stereocenters. The lowest BCUT2D eigenvalue weighted by atomic mass is 9.80. The van der Waals surface area contributed by atoms with Crippen molar-refractivity contribution in [3.63, 3.8) is 0 Å². The Bertz CT molecular complexity index is 424. The van der Waals surface area contributed by atoms with Crippen LogP contribution in [0.15, 0.2) is 18.7 Å². The third-order valence-electron chi connectivity index (χ3n) is 3.54. The number of rotatable bonds is 7. The smallest absolute Gasteiger partial charge is 0.303 e. The molecule has 0 aromatic carbocycles. The van der Waals surface area contributed by atoms with Crippen LogP contribution < -0.4 is 5.32 Å². The van der Waals surface area contributed by atoms with E-state index in [1.165, 1.54) is 0 Å². The molecule has 19 heavy (non-hydrogen) atoms. The second-order valence-electron chi connectivity index (χ2n) is 5.05. The summed E-state index contributed by atoms with van der Waals surface area (Å²) in [7, 11) is 0. The number of carbonyl (C=O) groups is 2. The van der Waals surface area contributed by atoms with E-state index in [1.54, 1.807) is 6.20 Å². The Morgan fingerprint density at radius 2 is 2.16 bits per heavy atom. The summed E-state index contributed by atoms with van der Waals surface area (Å²) in [4.78, 5) is 25.8. The summed E-state index contributed by atoms with van der Waals surface area (Å²) in [5.41, 5.74) is 0. The van der Waals surface area contributed by atoms with E-state index in [1.807, 2.05) is 12.5 Å². The van der Waals surface area contributed by atoms with Crippen LogP contribution in [0.25, 0.3) is 0 Å². The van der Waals surface area contributed by atoms with Crippen molar-refractivity contribution >= 4 is 11.9 Å². The molecule has 0 bridgehead atoms. The highest BCUT2D eigenvalue weighted by molar-refractivity contribution is 5.76. The lowest BCUT2D eigenvalue weighted by Gasteiger charge is -2.36. The van der Waals surface area contributed by atoms with Crippen molar-refractivity contribution in [1.29, 1.82) is 0 Å². The van der Waals surface area contributed by atoms with Crippen LogP contribution in [0, 0.1) is 5.92 Å². The maximum Gasteiger partial charge on any atom is 0.303 e. The molecule has 104 valence electrons. The zero-order chi connectivity index (χ0) is 13.7. The van der Waals surface area contributed by atoms with Crippen molar-refractivity contribution in [2.75, 3.05) is 6.54 Å². The molecule has 2 N–H and O–H groups in total. The van der Waals surface area contributed by atoms with Gasteiger partial charge in [0.1, 0.15) is 0 Å². The number of amides is 1. The number of hydrogen-bond donors (Lipinski definition) is 2. The largest absolute Gasteiger partial charge is 0.481 e. The fraction of sp³-hybridized carbons (Fsp3) is 0.615. The van der Waals surface area contributed by atoms with E-state index in [0.717, 1.165) is 12.8 Å². The quantitative estimate of drug-likeness (QED) is 0.776. The highest BCUT2D eigenvalue weighted by Gasteiger charge is 2.30. The molecule has 0 unspecified atom stereocenters. The first-order valence-corrected chi connectivity index (χ1v) is 6.61. The molecule has 1 aliphatic rings. The van der Waals surface area contributed by atoms with Crippen LogP contribution in [-0.2, 0) is 9.59 Å². The Labute approximate surface area is 111 Å². The molecule has 1 saturated carbocycles. The number of nitrogens with one attached hydrogen (secondary N) is 1. The van der Waals surface area contributed by atoms with Gasteiger partial charge >= 0.3 is 5.97 Å². The maximum absolute atomic E-state index is 11.5. The number of carboxylic acids is 1. The summed E-state index contributed by atoms with van der Waals surface area (Å²) in [5, 5.41) is 11.3. The van der Waals surface area contributed by atoms with E-state index in [9.17, 15) is 9.59 Å². The molecule has 2 rings (SSSR count). The average molecular weight is 265 g/mol. The number of carboxylic acid groups (broad SMARTS) is 1. The van der Waals surface area contributed by atoms with E-state index in [4.69, 9.17) is 5.11 Å². The number of carbonyl (C=O) groups excluding carboxylic acids is 1. The molecule has 1 aliphatic carbocycles. The molecular weight excluding hydrogens is 246 g/mol. The van der Waals surface area contributed by atoms with Gasteiger partial charge in [0.05, 0.1) is 6.33 Å². The molecule has 0 radical (unpaired) electrons. The van der Waals surface area contributed by atoms with Gasteiger partial charge < -0.3 is 15.0 Å². The predicted molar refractivity (Wildman–Crippen MR) is 68.5 cm³/mol. The Kier molecular flexibility index (Phi) is 4.54. The fourth-order valence-electron chi connectivity index (χ4n) is 2.34.